The molecule has 1 aromatic carbocycles. The summed E-state index contributed by atoms with van der Waals surface area (Å²) in [6.45, 7) is 5.22. The number of rotatable bonds is 5. The van der Waals surface area contributed by atoms with Crippen molar-refractivity contribution >= 4 is 12.0 Å². The first-order chi connectivity index (χ1) is 7.25. The van der Waals surface area contributed by atoms with Crippen molar-refractivity contribution in [3.8, 4) is 0 Å². The molecule has 0 unspecified atom stereocenters. The van der Waals surface area contributed by atoms with Crippen LogP contribution in [0.4, 0.5) is 5.69 Å². The number of unbranched alkanes of at least 4 members (excludes halogenated alkanes) is 1. The Morgan fingerprint density at radius 2 is 2.07 bits per heavy atom. The first-order valence-corrected chi connectivity index (χ1v) is 5.54. The van der Waals surface area contributed by atoms with E-state index in [9.17, 15) is 0 Å². The number of para-hydroxylation sites is 1. The maximum atomic E-state index is 4.38. The predicted octanol–water partition coefficient (Wildman–Crippen LogP) is 3.26. The van der Waals surface area contributed by atoms with Crippen molar-refractivity contribution in [3.63, 3.8) is 0 Å². The SMILES string of the molecule is CCCCN=CN(C)c1ccccc1C. The van der Waals surface area contributed by atoms with Gasteiger partial charge < -0.3 is 4.90 Å². The molecule has 0 atom stereocenters. The number of hydrogen-bond donors (Lipinski definition) is 0. The Balaban J connectivity index is 2.57. The number of aryl methyl sites for hydroxylation is 1. The normalized spacial score (nSPS) is 10.9. The van der Waals surface area contributed by atoms with Crippen LogP contribution >= 0.6 is 0 Å². The molecule has 15 heavy (non-hydrogen) atoms. The monoisotopic (exact) mass is 204 g/mol. The molecule has 0 fully saturated rings. The van der Waals surface area contributed by atoms with E-state index < -0.39 is 0 Å². The highest BCUT2D eigenvalue weighted by Gasteiger charge is 1.99. The molecule has 2 heteroatoms. The molecule has 1 rings (SSSR count). The summed E-state index contributed by atoms with van der Waals surface area (Å²) in [5, 5.41) is 0. The average molecular weight is 204 g/mol. The minimum atomic E-state index is 0.923. The Kier molecular flexibility index (Phi) is 4.88. The lowest BCUT2D eigenvalue weighted by Crippen LogP contribution is -2.15. The Hall–Kier alpha value is -1.31. The molecule has 0 N–H and O–H groups in total. The summed E-state index contributed by atoms with van der Waals surface area (Å²) in [5.74, 6) is 0. The highest BCUT2D eigenvalue weighted by molar-refractivity contribution is 5.79. The van der Waals surface area contributed by atoms with Gasteiger partial charge in [0.1, 0.15) is 0 Å². The number of anilines is 1. The minimum Gasteiger partial charge on any atom is -0.336 e. The van der Waals surface area contributed by atoms with E-state index in [2.05, 4.69) is 48.0 Å². The van der Waals surface area contributed by atoms with Crippen LogP contribution in [0.5, 0.6) is 0 Å². The van der Waals surface area contributed by atoms with E-state index in [1.165, 1.54) is 17.7 Å². The van der Waals surface area contributed by atoms with Crippen LogP contribution in [0.25, 0.3) is 0 Å². The van der Waals surface area contributed by atoms with Gasteiger partial charge in [-0.15, -0.1) is 0 Å². The largest absolute Gasteiger partial charge is 0.336 e. The van der Waals surface area contributed by atoms with Crippen LogP contribution in [0.3, 0.4) is 0 Å². The van der Waals surface area contributed by atoms with E-state index in [4.69, 9.17) is 0 Å². The number of aliphatic imine (C=N–C) groups is 1. The van der Waals surface area contributed by atoms with E-state index in [1.54, 1.807) is 0 Å². The van der Waals surface area contributed by atoms with Gasteiger partial charge >= 0.3 is 0 Å². The van der Waals surface area contributed by atoms with E-state index >= 15 is 0 Å². The maximum Gasteiger partial charge on any atom is 0.0891 e. The maximum absolute atomic E-state index is 4.38. The zero-order valence-electron chi connectivity index (χ0n) is 9.90. The molecular weight excluding hydrogens is 184 g/mol. The fourth-order valence-electron chi connectivity index (χ4n) is 1.45. The Labute approximate surface area is 92.6 Å². The standard InChI is InChI=1S/C13H20N2/c1-4-5-10-14-11-15(3)13-9-7-6-8-12(13)2/h6-9,11H,4-5,10H2,1-3H3. The van der Waals surface area contributed by atoms with Crippen LogP contribution < -0.4 is 4.90 Å². The third kappa shape index (κ3) is 3.74. The van der Waals surface area contributed by atoms with Crippen molar-refractivity contribution in [3.05, 3.63) is 29.8 Å². The second kappa shape index (κ2) is 6.23. The van der Waals surface area contributed by atoms with Gasteiger partial charge in [0.15, 0.2) is 0 Å². The molecule has 1 aromatic rings. The average Bonchev–Trinajstić information content (AvgIpc) is 2.25. The van der Waals surface area contributed by atoms with Crippen molar-refractivity contribution in [2.45, 2.75) is 26.7 Å². The number of hydrogen-bond acceptors (Lipinski definition) is 1. The van der Waals surface area contributed by atoms with Gasteiger partial charge in [-0.25, -0.2) is 0 Å². The zero-order valence-corrected chi connectivity index (χ0v) is 9.90. The van der Waals surface area contributed by atoms with Gasteiger partial charge in [0, 0.05) is 19.3 Å². The summed E-state index contributed by atoms with van der Waals surface area (Å²) in [6, 6.07) is 8.34. The third-order valence-corrected chi connectivity index (χ3v) is 2.39. The Morgan fingerprint density at radius 1 is 1.33 bits per heavy atom. The second-order valence-electron chi connectivity index (χ2n) is 3.77. The van der Waals surface area contributed by atoms with Gasteiger partial charge in [0.25, 0.3) is 0 Å². The summed E-state index contributed by atoms with van der Waals surface area (Å²) in [4.78, 5) is 6.45. The van der Waals surface area contributed by atoms with Crippen molar-refractivity contribution in [2.75, 3.05) is 18.5 Å². The molecular formula is C13H20N2. The van der Waals surface area contributed by atoms with Crippen LogP contribution in [0.15, 0.2) is 29.3 Å². The second-order valence-corrected chi connectivity index (χ2v) is 3.77. The molecule has 0 aliphatic carbocycles. The highest BCUT2D eigenvalue weighted by atomic mass is 15.1. The van der Waals surface area contributed by atoms with E-state index in [1.807, 2.05) is 13.4 Å². The lowest BCUT2D eigenvalue weighted by atomic mass is 10.2. The van der Waals surface area contributed by atoms with Gasteiger partial charge in [-0.3, -0.25) is 4.99 Å². The van der Waals surface area contributed by atoms with Crippen molar-refractivity contribution in [1.82, 2.24) is 0 Å². The molecule has 0 saturated heterocycles. The van der Waals surface area contributed by atoms with E-state index in [0.29, 0.717) is 0 Å². The molecule has 82 valence electrons. The van der Waals surface area contributed by atoms with Crippen LogP contribution in [0.1, 0.15) is 25.3 Å². The van der Waals surface area contributed by atoms with Gasteiger partial charge in [-0.2, -0.15) is 0 Å². The van der Waals surface area contributed by atoms with Crippen molar-refractivity contribution < 1.29 is 0 Å². The molecule has 2 nitrogen and oxygen atoms in total. The third-order valence-electron chi connectivity index (χ3n) is 2.39. The van der Waals surface area contributed by atoms with Crippen molar-refractivity contribution in [2.24, 2.45) is 4.99 Å². The molecule has 0 aromatic heterocycles. The summed E-state index contributed by atoms with van der Waals surface area (Å²) < 4.78 is 0. The fourth-order valence-corrected chi connectivity index (χ4v) is 1.45. The number of benzene rings is 1. The quantitative estimate of drug-likeness (QED) is 0.408. The van der Waals surface area contributed by atoms with Gasteiger partial charge in [0.05, 0.1) is 6.34 Å². The molecule has 0 saturated carbocycles. The molecule has 0 bridgehead atoms. The van der Waals surface area contributed by atoms with Crippen LogP contribution in [0.2, 0.25) is 0 Å². The Morgan fingerprint density at radius 3 is 2.73 bits per heavy atom. The first kappa shape index (κ1) is 11.8. The molecule has 0 spiro atoms. The van der Waals surface area contributed by atoms with Gasteiger partial charge in [-0.05, 0) is 25.0 Å². The Bertz CT molecular complexity index is 318. The summed E-state index contributed by atoms with van der Waals surface area (Å²) in [6.07, 6.45) is 4.28. The molecule has 0 radical (unpaired) electrons. The van der Waals surface area contributed by atoms with E-state index in [-0.39, 0.29) is 0 Å². The zero-order chi connectivity index (χ0) is 11.1. The van der Waals surface area contributed by atoms with Crippen LogP contribution in [-0.2, 0) is 0 Å². The summed E-state index contributed by atoms with van der Waals surface area (Å²) in [7, 11) is 2.04. The highest BCUT2D eigenvalue weighted by Crippen LogP contribution is 2.16. The molecule has 0 aliphatic rings. The fraction of sp³-hybridized carbons (Fsp3) is 0.462. The smallest absolute Gasteiger partial charge is 0.0891 e. The molecule has 0 amide bonds. The van der Waals surface area contributed by atoms with Crippen molar-refractivity contribution in [1.29, 1.82) is 0 Å². The first-order valence-electron chi connectivity index (χ1n) is 5.54. The number of nitrogens with zero attached hydrogens (tertiary/aromatic N) is 2. The predicted molar refractivity (Wildman–Crippen MR) is 67.8 cm³/mol. The lowest BCUT2D eigenvalue weighted by Gasteiger charge is -2.15. The minimum absolute atomic E-state index is 0.923. The topological polar surface area (TPSA) is 15.6 Å². The molecule has 0 heterocycles. The summed E-state index contributed by atoms with van der Waals surface area (Å²) in [5.41, 5.74) is 2.50. The van der Waals surface area contributed by atoms with E-state index in [0.717, 1.165) is 13.0 Å². The lowest BCUT2D eigenvalue weighted by molar-refractivity contribution is 0.808. The van der Waals surface area contributed by atoms with Gasteiger partial charge in [0.2, 0.25) is 0 Å². The van der Waals surface area contributed by atoms with Crippen LogP contribution in [-0.4, -0.2) is 19.9 Å². The van der Waals surface area contributed by atoms with Gasteiger partial charge in [-0.1, -0.05) is 31.5 Å². The van der Waals surface area contributed by atoms with Crippen LogP contribution in [0, 0.1) is 6.92 Å². The molecule has 0 aliphatic heterocycles. The summed E-state index contributed by atoms with van der Waals surface area (Å²) >= 11 is 0.